The summed E-state index contributed by atoms with van der Waals surface area (Å²) < 4.78 is 4.70. The third-order valence-corrected chi connectivity index (χ3v) is 3.32. The Hall–Kier alpha value is -1.35. The van der Waals surface area contributed by atoms with Gasteiger partial charge in [0.25, 0.3) is 0 Å². The number of rotatable bonds is 4. The van der Waals surface area contributed by atoms with E-state index >= 15 is 0 Å². The van der Waals surface area contributed by atoms with E-state index in [1.165, 1.54) is 25.5 Å². The van der Waals surface area contributed by atoms with Gasteiger partial charge in [0, 0.05) is 0 Å². The molecule has 1 aromatic carbocycles. The van der Waals surface area contributed by atoms with E-state index in [1.807, 2.05) is 18.2 Å². The molecule has 0 bridgehead atoms. The normalized spacial score (nSPS) is 16.9. The van der Waals surface area contributed by atoms with E-state index in [4.69, 9.17) is 10.5 Å². The van der Waals surface area contributed by atoms with Crippen LogP contribution in [0.2, 0.25) is 0 Å². The minimum absolute atomic E-state index is 0.278. The van der Waals surface area contributed by atoms with Crippen molar-refractivity contribution >= 4 is 5.97 Å². The molecule has 0 aromatic heterocycles. The molecule has 0 radical (unpaired) electrons. The second-order valence-electron chi connectivity index (χ2n) is 4.57. The van der Waals surface area contributed by atoms with Crippen molar-refractivity contribution in [2.45, 2.75) is 19.3 Å². The van der Waals surface area contributed by atoms with Crippen LogP contribution in [0.4, 0.5) is 0 Å². The van der Waals surface area contributed by atoms with Crippen LogP contribution in [0, 0.1) is 5.41 Å². The summed E-state index contributed by atoms with van der Waals surface area (Å²) in [6.07, 6.45) is 3.37. The Morgan fingerprint density at radius 1 is 1.50 bits per heavy atom. The molecule has 1 aliphatic carbocycles. The van der Waals surface area contributed by atoms with E-state index in [1.54, 1.807) is 6.07 Å². The van der Waals surface area contributed by atoms with Crippen LogP contribution in [0.5, 0.6) is 0 Å². The van der Waals surface area contributed by atoms with Crippen LogP contribution in [0.15, 0.2) is 24.3 Å². The zero-order valence-electron chi connectivity index (χ0n) is 9.53. The first kappa shape index (κ1) is 11.1. The molecule has 0 unspecified atom stereocenters. The number of methoxy groups -OCH3 is 1. The SMILES string of the molecule is COC(=O)c1cccc(CC2(CN)CC2)c1. The third kappa shape index (κ3) is 2.25. The number of esters is 1. The largest absolute Gasteiger partial charge is 0.465 e. The first-order valence-corrected chi connectivity index (χ1v) is 5.56. The summed E-state index contributed by atoms with van der Waals surface area (Å²) >= 11 is 0. The molecule has 2 rings (SSSR count). The molecule has 0 amide bonds. The van der Waals surface area contributed by atoms with Crippen LogP contribution in [0.1, 0.15) is 28.8 Å². The maximum atomic E-state index is 11.4. The van der Waals surface area contributed by atoms with E-state index in [-0.39, 0.29) is 5.97 Å². The smallest absolute Gasteiger partial charge is 0.337 e. The lowest BCUT2D eigenvalue weighted by Crippen LogP contribution is -2.18. The van der Waals surface area contributed by atoms with Crippen LogP contribution in [0.3, 0.4) is 0 Å². The average molecular weight is 219 g/mol. The molecule has 1 aliphatic rings. The first-order chi connectivity index (χ1) is 7.69. The summed E-state index contributed by atoms with van der Waals surface area (Å²) in [6, 6.07) is 7.62. The Balaban J connectivity index is 2.13. The van der Waals surface area contributed by atoms with Gasteiger partial charge in [0.05, 0.1) is 12.7 Å². The number of ether oxygens (including phenoxy) is 1. The summed E-state index contributed by atoms with van der Waals surface area (Å²) in [5, 5.41) is 0. The zero-order chi connectivity index (χ0) is 11.6. The Morgan fingerprint density at radius 3 is 2.81 bits per heavy atom. The predicted octanol–water partition coefficient (Wildman–Crippen LogP) is 1.75. The molecule has 0 heterocycles. The Bertz CT molecular complexity index is 397. The molecule has 0 spiro atoms. The maximum absolute atomic E-state index is 11.4. The standard InChI is InChI=1S/C13H17NO2/c1-16-12(15)11-4-2-3-10(7-11)8-13(9-14)5-6-13/h2-4,7H,5-6,8-9,14H2,1H3. The van der Waals surface area contributed by atoms with Crippen molar-refractivity contribution < 1.29 is 9.53 Å². The van der Waals surface area contributed by atoms with Gasteiger partial charge in [-0.25, -0.2) is 4.79 Å². The van der Waals surface area contributed by atoms with Gasteiger partial charge in [0.15, 0.2) is 0 Å². The fraction of sp³-hybridized carbons (Fsp3) is 0.462. The quantitative estimate of drug-likeness (QED) is 0.785. The van der Waals surface area contributed by atoms with Gasteiger partial charge in [-0.2, -0.15) is 0 Å². The number of hydrogen-bond acceptors (Lipinski definition) is 3. The minimum atomic E-state index is -0.278. The van der Waals surface area contributed by atoms with Gasteiger partial charge in [-0.3, -0.25) is 0 Å². The van der Waals surface area contributed by atoms with Crippen molar-refractivity contribution in [2.24, 2.45) is 11.1 Å². The van der Waals surface area contributed by atoms with E-state index in [0.717, 1.165) is 13.0 Å². The zero-order valence-corrected chi connectivity index (χ0v) is 9.53. The molecular weight excluding hydrogens is 202 g/mol. The number of carbonyl (C=O) groups is 1. The van der Waals surface area contributed by atoms with Crippen molar-refractivity contribution in [3.63, 3.8) is 0 Å². The summed E-state index contributed by atoms with van der Waals surface area (Å²) in [5.41, 5.74) is 7.84. The lowest BCUT2D eigenvalue weighted by Gasteiger charge is -2.12. The van der Waals surface area contributed by atoms with Gasteiger partial charge in [0.2, 0.25) is 0 Å². The summed E-state index contributed by atoms with van der Waals surface area (Å²) in [4.78, 5) is 11.4. The highest BCUT2D eigenvalue weighted by Gasteiger charge is 2.40. The lowest BCUT2D eigenvalue weighted by molar-refractivity contribution is 0.0600. The Labute approximate surface area is 95.6 Å². The van der Waals surface area contributed by atoms with Gasteiger partial charge in [-0.05, 0) is 48.9 Å². The molecule has 16 heavy (non-hydrogen) atoms. The van der Waals surface area contributed by atoms with Crippen LogP contribution in [0.25, 0.3) is 0 Å². The minimum Gasteiger partial charge on any atom is -0.465 e. The van der Waals surface area contributed by atoms with E-state index in [2.05, 4.69) is 0 Å². The van der Waals surface area contributed by atoms with Crippen molar-refractivity contribution in [3.8, 4) is 0 Å². The molecule has 0 aliphatic heterocycles. The van der Waals surface area contributed by atoms with Gasteiger partial charge in [0.1, 0.15) is 0 Å². The summed E-state index contributed by atoms with van der Waals surface area (Å²) in [5.74, 6) is -0.278. The molecule has 0 atom stereocenters. The fourth-order valence-corrected chi connectivity index (χ4v) is 1.99. The maximum Gasteiger partial charge on any atom is 0.337 e. The number of nitrogens with two attached hydrogens (primary N) is 1. The van der Waals surface area contributed by atoms with Gasteiger partial charge < -0.3 is 10.5 Å². The molecule has 0 saturated heterocycles. The molecule has 2 N–H and O–H groups in total. The molecule has 3 nitrogen and oxygen atoms in total. The van der Waals surface area contributed by atoms with Crippen molar-refractivity contribution in [3.05, 3.63) is 35.4 Å². The van der Waals surface area contributed by atoms with Crippen molar-refractivity contribution in [1.29, 1.82) is 0 Å². The predicted molar refractivity (Wildman–Crippen MR) is 62.2 cm³/mol. The summed E-state index contributed by atoms with van der Waals surface area (Å²) in [6.45, 7) is 0.732. The van der Waals surface area contributed by atoms with Crippen LogP contribution < -0.4 is 5.73 Å². The fourth-order valence-electron chi connectivity index (χ4n) is 1.99. The number of carbonyl (C=O) groups excluding carboxylic acids is 1. The monoisotopic (exact) mass is 219 g/mol. The van der Waals surface area contributed by atoms with Crippen LogP contribution in [-0.4, -0.2) is 19.6 Å². The first-order valence-electron chi connectivity index (χ1n) is 5.56. The molecule has 86 valence electrons. The molecule has 3 heteroatoms. The summed E-state index contributed by atoms with van der Waals surface area (Å²) in [7, 11) is 1.40. The van der Waals surface area contributed by atoms with E-state index < -0.39 is 0 Å². The highest BCUT2D eigenvalue weighted by Crippen LogP contribution is 2.47. The second-order valence-corrected chi connectivity index (χ2v) is 4.57. The van der Waals surface area contributed by atoms with Crippen molar-refractivity contribution in [2.75, 3.05) is 13.7 Å². The van der Waals surface area contributed by atoms with Gasteiger partial charge >= 0.3 is 5.97 Å². The third-order valence-electron chi connectivity index (χ3n) is 3.32. The van der Waals surface area contributed by atoms with Crippen LogP contribution >= 0.6 is 0 Å². The molecular formula is C13H17NO2. The molecule has 1 aromatic rings. The number of hydrogen-bond donors (Lipinski definition) is 1. The van der Waals surface area contributed by atoms with E-state index in [0.29, 0.717) is 11.0 Å². The highest BCUT2D eigenvalue weighted by molar-refractivity contribution is 5.89. The van der Waals surface area contributed by atoms with E-state index in [9.17, 15) is 4.79 Å². The lowest BCUT2D eigenvalue weighted by atomic mass is 9.95. The average Bonchev–Trinajstić information content (AvgIpc) is 3.09. The highest BCUT2D eigenvalue weighted by atomic mass is 16.5. The van der Waals surface area contributed by atoms with Crippen molar-refractivity contribution in [1.82, 2.24) is 0 Å². The number of benzene rings is 1. The second kappa shape index (κ2) is 4.26. The molecule has 1 fully saturated rings. The van der Waals surface area contributed by atoms with Gasteiger partial charge in [-0.1, -0.05) is 12.1 Å². The topological polar surface area (TPSA) is 52.3 Å². The Morgan fingerprint density at radius 2 is 2.25 bits per heavy atom. The Kier molecular flexibility index (Phi) is 2.97. The van der Waals surface area contributed by atoms with Crippen LogP contribution in [-0.2, 0) is 11.2 Å². The van der Waals surface area contributed by atoms with Gasteiger partial charge in [-0.15, -0.1) is 0 Å². The molecule has 1 saturated carbocycles.